The Balaban J connectivity index is 5.00. The van der Waals surface area contributed by atoms with Crippen molar-refractivity contribution >= 4 is 7.52 Å². The fourth-order valence-corrected chi connectivity index (χ4v) is 1.64. The van der Waals surface area contributed by atoms with E-state index in [1.165, 1.54) is 0 Å². The lowest BCUT2D eigenvalue weighted by Gasteiger charge is -2.13. The number of rotatable bonds is 5. The molecule has 0 aromatic heterocycles. The maximum absolute atomic E-state index is 11.4. The predicted molar refractivity (Wildman–Crippen MR) is 52.3 cm³/mol. The summed E-state index contributed by atoms with van der Waals surface area (Å²) >= 11 is 0. The summed E-state index contributed by atoms with van der Waals surface area (Å²) < 4.78 is 16.1. The normalized spacial score (nSPS) is 17.2. The van der Waals surface area contributed by atoms with Crippen LogP contribution in [-0.4, -0.2) is 28.7 Å². The lowest BCUT2D eigenvalue weighted by molar-refractivity contribution is -0.803. The van der Waals surface area contributed by atoms with Crippen molar-refractivity contribution in [3.05, 3.63) is 15.3 Å². The third kappa shape index (κ3) is 3.93. The molecule has 0 aromatic rings. The lowest BCUT2D eigenvalue weighted by atomic mass is 10.3. The van der Waals surface area contributed by atoms with E-state index < -0.39 is 18.1 Å². The highest BCUT2D eigenvalue weighted by Crippen LogP contribution is 2.44. The van der Waals surface area contributed by atoms with Gasteiger partial charge >= 0.3 is 13.2 Å². The first kappa shape index (κ1) is 14.0. The van der Waals surface area contributed by atoms with Gasteiger partial charge in [0.15, 0.2) is 0 Å². The van der Waals surface area contributed by atoms with Gasteiger partial charge < -0.3 is 9.73 Å². The van der Waals surface area contributed by atoms with Crippen LogP contribution < -0.4 is 0 Å². The highest BCUT2D eigenvalue weighted by molar-refractivity contribution is 7.56. The zero-order valence-corrected chi connectivity index (χ0v) is 9.93. The molecule has 0 aromatic carbocycles. The van der Waals surface area contributed by atoms with E-state index in [-0.39, 0.29) is 11.5 Å². The van der Waals surface area contributed by atoms with Gasteiger partial charge in [-0.2, -0.15) is 0 Å². The van der Waals surface area contributed by atoms with E-state index in [4.69, 9.17) is 4.52 Å². The fourth-order valence-electron chi connectivity index (χ4n) is 0.592. The summed E-state index contributed by atoms with van der Waals surface area (Å²) in [6.07, 6.45) is 0. The average Bonchev–Trinajstić information content (AvgIpc) is 2.02. The zero-order chi connectivity index (χ0) is 12.3. The van der Waals surface area contributed by atoms with E-state index in [1.54, 1.807) is 6.92 Å². The minimum atomic E-state index is -3.45. The van der Waals surface area contributed by atoms with Crippen LogP contribution >= 0.6 is 7.52 Å². The standard InChI is InChI=1S/C6H14N3O5P/c1-5-14-15(4,13)7-8(10)6(2,3)9(11)12/h5H2,1-4H3/b8-7-. The largest absolute Gasteiger partial charge is 0.594 e. The predicted octanol–water partition coefficient (Wildman–Crippen LogP) is 1.82. The molecule has 0 N–H and O–H groups in total. The molecule has 0 bridgehead atoms. The Hall–Kier alpha value is -1.01. The first-order valence-electron chi connectivity index (χ1n) is 4.20. The Morgan fingerprint density at radius 1 is 1.47 bits per heavy atom. The summed E-state index contributed by atoms with van der Waals surface area (Å²) in [5.74, 6) is 0. The molecule has 1 unspecified atom stereocenters. The molecule has 0 aliphatic carbocycles. The molecule has 1 atom stereocenters. The van der Waals surface area contributed by atoms with Crippen LogP contribution in [0.15, 0.2) is 4.88 Å². The Kier molecular flexibility index (Phi) is 4.36. The number of hydrogen-bond acceptors (Lipinski definition) is 5. The van der Waals surface area contributed by atoms with Crippen molar-refractivity contribution in [1.29, 1.82) is 0 Å². The SMILES string of the molecule is CCOP(C)(=O)/N=[N+](\[O-])C(C)(C)[N+](=O)[O-]. The maximum atomic E-state index is 11.4. The van der Waals surface area contributed by atoms with Crippen molar-refractivity contribution < 1.29 is 18.9 Å². The Morgan fingerprint density at radius 3 is 2.27 bits per heavy atom. The summed E-state index contributed by atoms with van der Waals surface area (Å²) in [6.45, 7) is 4.95. The van der Waals surface area contributed by atoms with E-state index in [1.807, 2.05) is 0 Å². The topological polar surface area (TPSA) is 108 Å². The van der Waals surface area contributed by atoms with Crippen LogP contribution in [0.5, 0.6) is 0 Å². The molecule has 88 valence electrons. The van der Waals surface area contributed by atoms with Gasteiger partial charge in [-0.25, -0.2) is 0 Å². The second-order valence-electron chi connectivity index (χ2n) is 3.33. The van der Waals surface area contributed by atoms with Crippen LogP contribution in [0, 0.1) is 15.3 Å². The van der Waals surface area contributed by atoms with Gasteiger partial charge in [0.2, 0.25) is 0 Å². The van der Waals surface area contributed by atoms with Crippen LogP contribution in [0.3, 0.4) is 0 Å². The number of hydroxylamine groups is 1. The molecule has 0 radical (unpaired) electrons. The van der Waals surface area contributed by atoms with Gasteiger partial charge in [0, 0.05) is 6.66 Å². The van der Waals surface area contributed by atoms with Crippen molar-refractivity contribution in [2.45, 2.75) is 26.4 Å². The molecule has 15 heavy (non-hydrogen) atoms. The maximum Gasteiger partial charge on any atom is 0.433 e. The highest BCUT2D eigenvalue weighted by Gasteiger charge is 2.43. The van der Waals surface area contributed by atoms with E-state index in [0.717, 1.165) is 20.5 Å². The molecule has 0 fully saturated rings. The van der Waals surface area contributed by atoms with E-state index >= 15 is 0 Å². The van der Waals surface area contributed by atoms with E-state index in [9.17, 15) is 19.9 Å². The van der Waals surface area contributed by atoms with Gasteiger partial charge in [-0.3, -0.25) is 14.7 Å². The lowest BCUT2D eigenvalue weighted by Crippen LogP contribution is -2.40. The van der Waals surface area contributed by atoms with Crippen molar-refractivity contribution in [1.82, 2.24) is 0 Å². The van der Waals surface area contributed by atoms with E-state index in [0.29, 0.717) is 0 Å². The molecule has 0 saturated carbocycles. The van der Waals surface area contributed by atoms with Gasteiger partial charge in [0.05, 0.1) is 30.3 Å². The summed E-state index contributed by atoms with van der Waals surface area (Å²) in [7, 11) is -3.45. The van der Waals surface area contributed by atoms with Crippen LogP contribution in [0.4, 0.5) is 0 Å². The third-order valence-electron chi connectivity index (χ3n) is 1.53. The molecular weight excluding hydrogens is 225 g/mol. The molecule has 0 aliphatic rings. The van der Waals surface area contributed by atoms with Crippen molar-refractivity contribution in [3.63, 3.8) is 0 Å². The zero-order valence-electron chi connectivity index (χ0n) is 9.04. The van der Waals surface area contributed by atoms with Crippen LogP contribution in [0.2, 0.25) is 0 Å². The van der Waals surface area contributed by atoms with E-state index in [2.05, 4.69) is 4.88 Å². The summed E-state index contributed by atoms with van der Waals surface area (Å²) in [4.78, 5) is 12.6. The minimum Gasteiger partial charge on any atom is -0.594 e. The Labute approximate surface area is 87.2 Å². The molecule has 0 rings (SSSR count). The van der Waals surface area contributed by atoms with Crippen molar-refractivity contribution in [2.75, 3.05) is 13.3 Å². The number of nitro groups is 1. The summed E-state index contributed by atoms with van der Waals surface area (Å²) in [6, 6.07) is 0. The van der Waals surface area contributed by atoms with Crippen LogP contribution in [-0.2, 0) is 9.09 Å². The Bertz CT molecular complexity index is 327. The van der Waals surface area contributed by atoms with Gasteiger partial charge in [-0.15, -0.1) is 0 Å². The van der Waals surface area contributed by atoms with Crippen LogP contribution in [0.1, 0.15) is 20.8 Å². The molecule has 0 heterocycles. The van der Waals surface area contributed by atoms with Gasteiger partial charge in [-0.05, 0) is 11.8 Å². The summed E-state index contributed by atoms with van der Waals surface area (Å²) in [5.41, 5.74) is -1.96. The monoisotopic (exact) mass is 239 g/mol. The Morgan fingerprint density at radius 2 is 1.93 bits per heavy atom. The van der Waals surface area contributed by atoms with Crippen molar-refractivity contribution in [3.8, 4) is 0 Å². The second kappa shape index (κ2) is 4.67. The van der Waals surface area contributed by atoms with Crippen LogP contribution in [0.25, 0.3) is 0 Å². The smallest absolute Gasteiger partial charge is 0.433 e. The molecule has 0 spiro atoms. The molecule has 0 amide bonds. The molecule has 9 heteroatoms. The first-order valence-corrected chi connectivity index (χ1v) is 6.23. The third-order valence-corrected chi connectivity index (χ3v) is 2.75. The second-order valence-corrected chi connectivity index (χ2v) is 5.38. The molecular formula is C6H14N3O5P. The first-order chi connectivity index (χ1) is 6.63. The molecule has 0 saturated heterocycles. The number of hydrogen-bond donors (Lipinski definition) is 0. The molecule has 8 nitrogen and oxygen atoms in total. The molecule has 0 aliphatic heterocycles. The van der Waals surface area contributed by atoms with Gasteiger partial charge in [-0.1, -0.05) is 0 Å². The van der Waals surface area contributed by atoms with Gasteiger partial charge in [0.1, 0.15) is 0 Å². The van der Waals surface area contributed by atoms with Crippen molar-refractivity contribution in [2.24, 2.45) is 4.88 Å². The quantitative estimate of drug-likeness (QED) is 0.181. The number of nitrogens with zero attached hydrogens (tertiary/aromatic N) is 3. The van der Waals surface area contributed by atoms with Gasteiger partial charge in [0.25, 0.3) is 0 Å². The fraction of sp³-hybridized carbons (Fsp3) is 1.00. The minimum absolute atomic E-state index is 0.115. The summed E-state index contributed by atoms with van der Waals surface area (Å²) in [5, 5.41) is 21.7. The highest BCUT2D eigenvalue weighted by atomic mass is 31.2. The average molecular weight is 239 g/mol.